The van der Waals surface area contributed by atoms with E-state index in [1.807, 2.05) is 30.3 Å². The summed E-state index contributed by atoms with van der Waals surface area (Å²) in [4.78, 5) is 58.7. The molecule has 0 unspecified atom stereocenters. The summed E-state index contributed by atoms with van der Waals surface area (Å²) in [5.41, 5.74) is 0.886. The van der Waals surface area contributed by atoms with Crippen molar-refractivity contribution < 1.29 is 57.1 Å². The third-order valence-electron chi connectivity index (χ3n) is 5.53. The number of hydrogen-bond donors (Lipinski definition) is 1. The maximum Gasteiger partial charge on any atom is 0.407 e. The molecule has 1 aromatic rings. The van der Waals surface area contributed by atoms with Crippen LogP contribution in [0.15, 0.2) is 30.3 Å². The Labute approximate surface area is 232 Å². The fraction of sp³-hybridized carbons (Fsp3) is 0.593. The monoisotopic (exact) mass is 567 g/mol. The third-order valence-corrected chi connectivity index (χ3v) is 5.53. The normalized spacial score (nSPS) is 21.9. The zero-order chi connectivity index (χ0) is 29.5. The minimum absolute atomic E-state index is 0.159. The smallest absolute Gasteiger partial charge is 0.407 e. The van der Waals surface area contributed by atoms with Gasteiger partial charge in [-0.1, -0.05) is 30.3 Å². The predicted molar refractivity (Wildman–Crippen MR) is 136 cm³/mol. The van der Waals surface area contributed by atoms with E-state index in [1.165, 1.54) is 6.92 Å². The lowest BCUT2D eigenvalue weighted by molar-refractivity contribution is -0.308. The number of benzene rings is 1. The summed E-state index contributed by atoms with van der Waals surface area (Å²) in [6, 6.07) is 9.32. The van der Waals surface area contributed by atoms with Gasteiger partial charge in [-0.2, -0.15) is 0 Å². The lowest BCUT2D eigenvalue weighted by atomic mass is 9.98. The quantitative estimate of drug-likeness (QED) is 0.198. The van der Waals surface area contributed by atoms with Crippen molar-refractivity contribution in [3.8, 4) is 0 Å². The minimum Gasteiger partial charge on any atom is -0.463 e. The Morgan fingerprint density at radius 3 is 2.00 bits per heavy atom. The van der Waals surface area contributed by atoms with Crippen LogP contribution in [0.1, 0.15) is 52.5 Å². The van der Waals surface area contributed by atoms with E-state index in [0.29, 0.717) is 25.8 Å². The second kappa shape index (κ2) is 17.1. The largest absolute Gasteiger partial charge is 0.463 e. The molecule has 40 heavy (non-hydrogen) atoms. The van der Waals surface area contributed by atoms with Gasteiger partial charge in [0, 0.05) is 40.8 Å². The number of ether oxygens (including phenoxy) is 7. The molecular weight excluding hydrogens is 530 g/mol. The number of esters is 4. The molecule has 1 fully saturated rings. The molecule has 1 aliphatic heterocycles. The van der Waals surface area contributed by atoms with Crippen molar-refractivity contribution in [2.75, 3.05) is 19.8 Å². The first-order valence-corrected chi connectivity index (χ1v) is 12.9. The van der Waals surface area contributed by atoms with E-state index in [-0.39, 0.29) is 19.8 Å². The highest BCUT2D eigenvalue weighted by molar-refractivity contribution is 5.69. The van der Waals surface area contributed by atoms with Crippen molar-refractivity contribution in [3.63, 3.8) is 0 Å². The van der Waals surface area contributed by atoms with E-state index >= 15 is 0 Å². The van der Waals surface area contributed by atoms with Crippen LogP contribution in [-0.4, -0.2) is 80.4 Å². The van der Waals surface area contributed by atoms with Crippen molar-refractivity contribution in [2.24, 2.45) is 0 Å². The molecule has 0 spiro atoms. The topological polar surface area (TPSA) is 162 Å². The van der Waals surface area contributed by atoms with Crippen LogP contribution in [0, 0.1) is 0 Å². The fourth-order valence-electron chi connectivity index (χ4n) is 3.89. The summed E-state index contributed by atoms with van der Waals surface area (Å²) in [7, 11) is 0. The standard InChI is InChI=1S/C27H37NO12/c1-17(29)35-16-22-23(37-18(2)30)24(38-19(3)31)25(39-20(4)32)26(40-22)34-14-10-6-9-13-28-27(33)36-15-21-11-7-5-8-12-21/h5,7-8,11-12,22-26H,6,9-10,13-16H2,1-4H3,(H,28,33)/t22-,23-,24+,25-,26-/m1/s1. The molecule has 1 N–H and O–H groups in total. The van der Waals surface area contributed by atoms with Crippen LogP contribution in [0.5, 0.6) is 0 Å². The highest BCUT2D eigenvalue weighted by atomic mass is 16.7. The van der Waals surface area contributed by atoms with Gasteiger partial charge in [-0.15, -0.1) is 0 Å². The van der Waals surface area contributed by atoms with E-state index < -0.39 is 60.7 Å². The van der Waals surface area contributed by atoms with Crippen LogP contribution in [0.2, 0.25) is 0 Å². The molecular formula is C27H37NO12. The number of hydrogen-bond acceptors (Lipinski definition) is 12. The molecule has 0 saturated carbocycles. The number of carbonyl (C=O) groups is 5. The number of carbonyl (C=O) groups excluding carboxylic acids is 5. The summed E-state index contributed by atoms with van der Waals surface area (Å²) >= 11 is 0. The fourth-order valence-corrected chi connectivity index (χ4v) is 3.89. The van der Waals surface area contributed by atoms with E-state index in [2.05, 4.69) is 5.32 Å². The molecule has 0 aromatic heterocycles. The van der Waals surface area contributed by atoms with Crippen LogP contribution >= 0.6 is 0 Å². The Balaban J connectivity index is 1.91. The van der Waals surface area contributed by atoms with Crippen LogP contribution in [0.25, 0.3) is 0 Å². The van der Waals surface area contributed by atoms with E-state index in [1.54, 1.807) is 0 Å². The van der Waals surface area contributed by atoms with Crippen molar-refractivity contribution in [1.29, 1.82) is 0 Å². The SMILES string of the molecule is CC(=O)OC[C@H]1O[C@@H](OCCCCCNC(=O)OCc2ccccc2)[C@H](OC(C)=O)[C@@H](OC(C)=O)[C@@H]1OC(C)=O. The van der Waals surface area contributed by atoms with Gasteiger partial charge in [0.05, 0.1) is 0 Å². The second-order valence-corrected chi connectivity index (χ2v) is 8.99. The average molecular weight is 568 g/mol. The number of amides is 1. The molecule has 5 atom stereocenters. The third kappa shape index (κ3) is 12.0. The molecule has 0 bridgehead atoms. The molecule has 2 rings (SSSR count). The van der Waals surface area contributed by atoms with Crippen LogP contribution in [0.4, 0.5) is 4.79 Å². The van der Waals surface area contributed by atoms with Gasteiger partial charge in [-0.25, -0.2) is 4.79 Å². The van der Waals surface area contributed by atoms with Gasteiger partial charge in [-0.05, 0) is 24.8 Å². The second-order valence-electron chi connectivity index (χ2n) is 8.99. The first-order chi connectivity index (χ1) is 19.1. The van der Waals surface area contributed by atoms with E-state index in [9.17, 15) is 24.0 Å². The average Bonchev–Trinajstić information content (AvgIpc) is 2.88. The molecule has 13 heteroatoms. The van der Waals surface area contributed by atoms with Crippen molar-refractivity contribution in [3.05, 3.63) is 35.9 Å². The van der Waals surface area contributed by atoms with Gasteiger partial charge in [0.1, 0.15) is 19.3 Å². The van der Waals surface area contributed by atoms with Crippen molar-refractivity contribution >= 4 is 30.0 Å². The van der Waals surface area contributed by atoms with E-state index in [0.717, 1.165) is 26.3 Å². The number of rotatable bonds is 14. The lowest BCUT2D eigenvalue weighted by Crippen LogP contribution is -2.63. The Morgan fingerprint density at radius 2 is 1.38 bits per heavy atom. The molecule has 0 aliphatic carbocycles. The van der Waals surface area contributed by atoms with Crippen LogP contribution in [-0.2, 0) is 58.9 Å². The van der Waals surface area contributed by atoms with Crippen molar-refractivity contribution in [1.82, 2.24) is 5.32 Å². The highest BCUT2D eigenvalue weighted by Crippen LogP contribution is 2.30. The first-order valence-electron chi connectivity index (χ1n) is 12.9. The number of alkyl carbamates (subject to hydrolysis) is 1. The number of unbranched alkanes of at least 4 members (excludes halogenated alkanes) is 2. The molecule has 222 valence electrons. The summed E-state index contributed by atoms with van der Waals surface area (Å²) < 4.78 is 38.0. The molecule has 1 saturated heterocycles. The summed E-state index contributed by atoms with van der Waals surface area (Å²) in [6.45, 7) is 5.05. The summed E-state index contributed by atoms with van der Waals surface area (Å²) in [5, 5.41) is 2.68. The van der Waals surface area contributed by atoms with Gasteiger partial charge in [-0.3, -0.25) is 19.2 Å². The predicted octanol–water partition coefficient (Wildman–Crippen LogP) is 2.18. The van der Waals surface area contributed by atoms with Crippen molar-refractivity contribution in [2.45, 2.75) is 84.3 Å². The Kier molecular flexibility index (Phi) is 13.9. The van der Waals surface area contributed by atoms with Crippen LogP contribution in [0.3, 0.4) is 0 Å². The lowest BCUT2D eigenvalue weighted by Gasteiger charge is -2.44. The van der Waals surface area contributed by atoms with Gasteiger partial charge in [0.25, 0.3) is 0 Å². The molecule has 1 aromatic carbocycles. The maximum atomic E-state index is 11.9. The van der Waals surface area contributed by atoms with Gasteiger partial charge in [0.15, 0.2) is 24.6 Å². The van der Waals surface area contributed by atoms with Gasteiger partial charge >= 0.3 is 30.0 Å². The molecule has 0 radical (unpaired) electrons. The first kappa shape index (κ1) is 32.5. The Bertz CT molecular complexity index is 985. The zero-order valence-electron chi connectivity index (χ0n) is 23.1. The maximum absolute atomic E-state index is 11.9. The summed E-state index contributed by atoms with van der Waals surface area (Å²) in [6.07, 6.45) is -4.72. The summed E-state index contributed by atoms with van der Waals surface area (Å²) in [5.74, 6) is -2.74. The Hall–Kier alpha value is -3.71. The minimum atomic E-state index is -1.28. The van der Waals surface area contributed by atoms with Crippen LogP contribution < -0.4 is 5.32 Å². The molecule has 1 heterocycles. The zero-order valence-corrected chi connectivity index (χ0v) is 23.1. The molecule has 1 amide bonds. The number of nitrogens with one attached hydrogen (secondary N) is 1. The Morgan fingerprint density at radius 1 is 0.750 bits per heavy atom. The molecule has 1 aliphatic rings. The van der Waals surface area contributed by atoms with E-state index in [4.69, 9.17) is 33.2 Å². The highest BCUT2D eigenvalue weighted by Gasteiger charge is 2.52. The van der Waals surface area contributed by atoms with Gasteiger partial charge in [0.2, 0.25) is 0 Å². The molecule has 13 nitrogen and oxygen atoms in total. The van der Waals surface area contributed by atoms with Gasteiger partial charge < -0.3 is 38.5 Å².